The maximum absolute atomic E-state index is 12.3. The van der Waals surface area contributed by atoms with Gasteiger partial charge in [0.15, 0.2) is 0 Å². The third-order valence-electron chi connectivity index (χ3n) is 4.40. The third kappa shape index (κ3) is 6.63. The predicted octanol–water partition coefficient (Wildman–Crippen LogP) is -1.18. The zero-order valence-electron chi connectivity index (χ0n) is 14.7. The number of piperidine rings is 1. The lowest BCUT2D eigenvalue weighted by molar-refractivity contribution is -0.924. The predicted molar refractivity (Wildman–Crippen MR) is 94.2 cm³/mol. The minimum absolute atomic E-state index is 0. The summed E-state index contributed by atoms with van der Waals surface area (Å²) in [4.78, 5) is 25.4. The summed E-state index contributed by atoms with van der Waals surface area (Å²) >= 11 is 0. The van der Waals surface area contributed by atoms with Gasteiger partial charge < -0.3 is 31.9 Å². The fourth-order valence-corrected chi connectivity index (χ4v) is 3.19. The third-order valence-corrected chi connectivity index (χ3v) is 4.40. The quantitative estimate of drug-likeness (QED) is 0.439. The van der Waals surface area contributed by atoms with Crippen molar-refractivity contribution in [3.05, 3.63) is 42.5 Å². The van der Waals surface area contributed by atoms with Gasteiger partial charge in [-0.2, -0.15) is 0 Å². The van der Waals surface area contributed by atoms with Crippen molar-refractivity contribution in [2.45, 2.75) is 38.6 Å². The van der Waals surface area contributed by atoms with E-state index in [4.69, 9.17) is 4.74 Å². The van der Waals surface area contributed by atoms with Crippen molar-refractivity contribution in [2.24, 2.45) is 0 Å². The first-order chi connectivity index (χ1) is 11.6. The van der Waals surface area contributed by atoms with Crippen LogP contribution in [0.3, 0.4) is 0 Å². The summed E-state index contributed by atoms with van der Waals surface area (Å²) < 4.78 is 4.95. The van der Waals surface area contributed by atoms with Gasteiger partial charge in [-0.3, -0.25) is 4.79 Å². The maximum atomic E-state index is 12.3. The molecule has 1 fully saturated rings. The summed E-state index contributed by atoms with van der Waals surface area (Å²) in [5, 5.41) is 2.92. The molecule has 0 bridgehead atoms. The molecule has 1 aliphatic rings. The van der Waals surface area contributed by atoms with E-state index in [1.54, 1.807) is 31.2 Å². The first-order valence-corrected chi connectivity index (χ1v) is 8.66. The number of amides is 1. The number of hydrogen-bond donors (Lipinski definition) is 2. The molecule has 1 amide bonds. The van der Waals surface area contributed by atoms with Gasteiger partial charge in [0.1, 0.15) is 0 Å². The van der Waals surface area contributed by atoms with E-state index in [9.17, 15) is 9.59 Å². The summed E-state index contributed by atoms with van der Waals surface area (Å²) in [5.41, 5.74) is 1.19. The van der Waals surface area contributed by atoms with Crippen LogP contribution in [0.4, 0.5) is 5.69 Å². The number of carbonyl (C=O) groups excluding carboxylic acids is 2. The van der Waals surface area contributed by atoms with Gasteiger partial charge in [-0.15, -0.1) is 0 Å². The van der Waals surface area contributed by atoms with Crippen molar-refractivity contribution in [2.75, 3.05) is 25.0 Å². The molecule has 1 aromatic rings. The van der Waals surface area contributed by atoms with E-state index in [-0.39, 0.29) is 28.9 Å². The van der Waals surface area contributed by atoms with Crippen LogP contribution in [0, 0.1) is 0 Å². The van der Waals surface area contributed by atoms with Gasteiger partial charge in [-0.05, 0) is 50.1 Å². The Morgan fingerprint density at radius 2 is 2.04 bits per heavy atom. The van der Waals surface area contributed by atoms with Crippen LogP contribution in [0.2, 0.25) is 0 Å². The second kappa shape index (κ2) is 11.1. The Kier molecular flexibility index (Phi) is 9.45. The molecule has 0 aliphatic carbocycles. The molecule has 2 atom stereocenters. The SMILES string of the molecule is C=CC[NH+]1CCCCC1CC(=O)Nc1ccc(C(=O)OCC)cc1.[Br-]. The number of rotatable bonds is 7. The normalized spacial score (nSPS) is 19.4. The van der Waals surface area contributed by atoms with Gasteiger partial charge in [0.05, 0.1) is 37.7 Å². The number of carbonyl (C=O) groups is 2. The number of quaternary nitrogens is 1. The molecule has 5 nitrogen and oxygen atoms in total. The number of halogens is 1. The first-order valence-electron chi connectivity index (χ1n) is 8.66. The van der Waals surface area contributed by atoms with E-state index >= 15 is 0 Å². The zero-order chi connectivity index (χ0) is 17.4. The van der Waals surface area contributed by atoms with E-state index in [0.29, 0.717) is 30.3 Å². The number of ether oxygens (including phenoxy) is 1. The van der Waals surface area contributed by atoms with Crippen molar-refractivity contribution in [1.29, 1.82) is 0 Å². The van der Waals surface area contributed by atoms with Crippen LogP contribution in [0.5, 0.6) is 0 Å². The van der Waals surface area contributed by atoms with E-state index in [0.717, 1.165) is 19.5 Å². The lowest BCUT2D eigenvalue weighted by Gasteiger charge is -2.31. The van der Waals surface area contributed by atoms with Crippen molar-refractivity contribution >= 4 is 17.6 Å². The molecule has 25 heavy (non-hydrogen) atoms. The molecule has 0 radical (unpaired) electrons. The standard InChI is InChI=1S/C19H26N2O3.BrH/c1-3-12-21-13-6-5-7-17(21)14-18(22)20-16-10-8-15(9-11-16)19(23)24-4-2;/h3,8-11,17H,1,4-7,12-14H2,2H3,(H,20,22);1H. The fraction of sp³-hybridized carbons (Fsp3) is 0.474. The summed E-state index contributed by atoms with van der Waals surface area (Å²) in [6.07, 6.45) is 5.93. The topological polar surface area (TPSA) is 59.8 Å². The number of anilines is 1. The molecule has 1 saturated heterocycles. The Morgan fingerprint density at radius 3 is 2.68 bits per heavy atom. The summed E-state index contributed by atoms with van der Waals surface area (Å²) in [5.74, 6) is -0.325. The van der Waals surface area contributed by atoms with Crippen LogP contribution >= 0.6 is 0 Å². The molecule has 1 heterocycles. The van der Waals surface area contributed by atoms with Crippen LogP contribution in [-0.4, -0.2) is 37.6 Å². The molecule has 0 aromatic heterocycles. The monoisotopic (exact) mass is 410 g/mol. The fourth-order valence-electron chi connectivity index (χ4n) is 3.19. The second-order valence-electron chi connectivity index (χ2n) is 6.14. The summed E-state index contributed by atoms with van der Waals surface area (Å²) in [6, 6.07) is 7.17. The number of nitrogens with one attached hydrogen (secondary N) is 2. The van der Waals surface area contributed by atoms with Crippen LogP contribution in [0.25, 0.3) is 0 Å². The maximum Gasteiger partial charge on any atom is 0.338 e. The highest BCUT2D eigenvalue weighted by molar-refractivity contribution is 5.93. The highest BCUT2D eigenvalue weighted by atomic mass is 79.9. The Labute approximate surface area is 160 Å². The van der Waals surface area contributed by atoms with Crippen molar-refractivity contribution < 1.29 is 36.2 Å². The minimum atomic E-state index is -0.346. The molecule has 138 valence electrons. The Hall–Kier alpha value is -1.66. The molecule has 0 spiro atoms. The van der Waals surface area contributed by atoms with Crippen molar-refractivity contribution in [1.82, 2.24) is 0 Å². The van der Waals surface area contributed by atoms with Crippen LogP contribution in [-0.2, 0) is 9.53 Å². The lowest BCUT2D eigenvalue weighted by Crippen LogP contribution is -3.16. The van der Waals surface area contributed by atoms with Crippen molar-refractivity contribution in [3.8, 4) is 0 Å². The van der Waals surface area contributed by atoms with Crippen LogP contribution < -0.4 is 27.2 Å². The number of hydrogen-bond acceptors (Lipinski definition) is 3. The zero-order valence-corrected chi connectivity index (χ0v) is 16.3. The highest BCUT2D eigenvalue weighted by Crippen LogP contribution is 2.12. The molecular formula is C19H27BrN2O3. The smallest absolute Gasteiger partial charge is 0.338 e. The van der Waals surface area contributed by atoms with Gasteiger partial charge in [-0.1, -0.05) is 6.58 Å². The summed E-state index contributed by atoms with van der Waals surface area (Å²) in [7, 11) is 0. The molecule has 2 N–H and O–H groups in total. The molecular weight excluding hydrogens is 384 g/mol. The molecule has 1 aliphatic heterocycles. The van der Waals surface area contributed by atoms with E-state index in [1.165, 1.54) is 17.7 Å². The molecule has 0 saturated carbocycles. The van der Waals surface area contributed by atoms with Crippen molar-refractivity contribution in [3.63, 3.8) is 0 Å². The minimum Gasteiger partial charge on any atom is -1.00 e. The largest absolute Gasteiger partial charge is 1.00 e. The Bertz CT molecular complexity index is 575. The van der Waals surface area contributed by atoms with Gasteiger partial charge in [0, 0.05) is 12.1 Å². The molecule has 2 unspecified atom stereocenters. The first kappa shape index (κ1) is 21.4. The number of benzene rings is 1. The van der Waals surface area contributed by atoms with Gasteiger partial charge in [0.25, 0.3) is 0 Å². The number of likely N-dealkylation sites (tertiary alicyclic amines) is 1. The average Bonchev–Trinajstić information content (AvgIpc) is 2.58. The number of esters is 1. The molecule has 6 heteroatoms. The lowest BCUT2D eigenvalue weighted by atomic mass is 9.99. The summed E-state index contributed by atoms with van der Waals surface area (Å²) in [6.45, 7) is 7.95. The van der Waals surface area contributed by atoms with Gasteiger partial charge >= 0.3 is 5.97 Å². The Morgan fingerprint density at radius 1 is 1.32 bits per heavy atom. The second-order valence-corrected chi connectivity index (χ2v) is 6.14. The molecule has 1 aromatic carbocycles. The Balaban J connectivity index is 0.00000312. The van der Waals surface area contributed by atoms with Crippen LogP contribution in [0.1, 0.15) is 43.0 Å². The van der Waals surface area contributed by atoms with E-state index < -0.39 is 0 Å². The average molecular weight is 411 g/mol. The van der Waals surface area contributed by atoms with Gasteiger partial charge in [-0.25, -0.2) is 4.79 Å². The van der Waals surface area contributed by atoms with E-state index in [1.807, 2.05) is 6.08 Å². The van der Waals surface area contributed by atoms with Crippen LogP contribution in [0.15, 0.2) is 36.9 Å². The van der Waals surface area contributed by atoms with E-state index in [2.05, 4.69) is 11.9 Å². The van der Waals surface area contributed by atoms with Gasteiger partial charge in [0.2, 0.25) is 5.91 Å². The molecule has 2 rings (SSSR count). The highest BCUT2D eigenvalue weighted by Gasteiger charge is 2.27.